The third kappa shape index (κ3) is 3.11. The van der Waals surface area contributed by atoms with E-state index in [1.54, 1.807) is 20.3 Å². The van der Waals surface area contributed by atoms with Crippen LogP contribution >= 0.6 is 0 Å². The van der Waals surface area contributed by atoms with Gasteiger partial charge in [-0.1, -0.05) is 31.2 Å². The zero-order valence-electron chi connectivity index (χ0n) is 12.1. The zero-order chi connectivity index (χ0) is 14.5. The molecule has 20 heavy (non-hydrogen) atoms. The van der Waals surface area contributed by atoms with E-state index in [0.717, 1.165) is 17.5 Å². The Hall–Kier alpha value is -2.00. The SMILES string of the molecule is CCc1ccc(C(O)c2cc(OC)cc(OC)c2)cc1. The van der Waals surface area contributed by atoms with Crippen LogP contribution in [0.2, 0.25) is 0 Å². The molecule has 0 aliphatic rings. The molecule has 2 rings (SSSR count). The van der Waals surface area contributed by atoms with Crippen molar-refractivity contribution < 1.29 is 14.6 Å². The Kier molecular flexibility index (Phi) is 4.64. The lowest BCUT2D eigenvalue weighted by molar-refractivity contribution is 0.219. The minimum Gasteiger partial charge on any atom is -0.497 e. The van der Waals surface area contributed by atoms with Gasteiger partial charge in [-0.3, -0.25) is 0 Å². The van der Waals surface area contributed by atoms with Crippen LogP contribution in [0.25, 0.3) is 0 Å². The van der Waals surface area contributed by atoms with Crippen molar-refractivity contribution in [2.75, 3.05) is 14.2 Å². The molecule has 1 unspecified atom stereocenters. The van der Waals surface area contributed by atoms with Gasteiger partial charge in [0.2, 0.25) is 0 Å². The third-order valence-electron chi connectivity index (χ3n) is 3.39. The lowest BCUT2D eigenvalue weighted by Gasteiger charge is -2.14. The molecule has 0 spiro atoms. The fourth-order valence-corrected chi connectivity index (χ4v) is 2.12. The zero-order valence-corrected chi connectivity index (χ0v) is 12.1. The van der Waals surface area contributed by atoms with Crippen molar-refractivity contribution in [1.29, 1.82) is 0 Å². The molecule has 0 aliphatic heterocycles. The minimum atomic E-state index is -0.690. The Labute approximate surface area is 119 Å². The maximum Gasteiger partial charge on any atom is 0.122 e. The van der Waals surface area contributed by atoms with Crippen molar-refractivity contribution in [1.82, 2.24) is 0 Å². The summed E-state index contributed by atoms with van der Waals surface area (Å²) >= 11 is 0. The second-order valence-electron chi connectivity index (χ2n) is 4.64. The summed E-state index contributed by atoms with van der Waals surface area (Å²) in [4.78, 5) is 0. The fraction of sp³-hybridized carbons (Fsp3) is 0.294. The summed E-state index contributed by atoms with van der Waals surface area (Å²) in [5.41, 5.74) is 2.87. The first-order chi connectivity index (χ1) is 9.67. The highest BCUT2D eigenvalue weighted by molar-refractivity contribution is 5.42. The minimum absolute atomic E-state index is 0.670. The molecule has 0 fully saturated rings. The van der Waals surface area contributed by atoms with Gasteiger partial charge in [-0.25, -0.2) is 0 Å². The molecule has 0 amide bonds. The summed E-state index contributed by atoms with van der Waals surface area (Å²) in [6.07, 6.45) is 0.300. The van der Waals surface area contributed by atoms with Crippen molar-refractivity contribution in [3.8, 4) is 11.5 Å². The molecule has 106 valence electrons. The van der Waals surface area contributed by atoms with Gasteiger partial charge in [0, 0.05) is 6.07 Å². The summed E-state index contributed by atoms with van der Waals surface area (Å²) < 4.78 is 10.5. The van der Waals surface area contributed by atoms with Crippen LogP contribution in [0.3, 0.4) is 0 Å². The van der Waals surface area contributed by atoms with E-state index in [9.17, 15) is 5.11 Å². The highest BCUT2D eigenvalue weighted by Gasteiger charge is 2.13. The monoisotopic (exact) mass is 272 g/mol. The number of ether oxygens (including phenoxy) is 2. The van der Waals surface area contributed by atoms with E-state index in [1.165, 1.54) is 5.56 Å². The first-order valence-corrected chi connectivity index (χ1v) is 6.67. The van der Waals surface area contributed by atoms with Crippen LogP contribution in [-0.4, -0.2) is 19.3 Å². The first kappa shape index (κ1) is 14.4. The molecule has 0 saturated heterocycles. The quantitative estimate of drug-likeness (QED) is 0.907. The van der Waals surface area contributed by atoms with Crippen molar-refractivity contribution in [2.45, 2.75) is 19.4 Å². The Morgan fingerprint density at radius 3 is 1.90 bits per heavy atom. The lowest BCUT2D eigenvalue weighted by Crippen LogP contribution is -2.01. The van der Waals surface area contributed by atoms with E-state index in [4.69, 9.17) is 9.47 Å². The number of hydrogen-bond acceptors (Lipinski definition) is 3. The number of aryl methyl sites for hydroxylation is 1. The topological polar surface area (TPSA) is 38.7 Å². The summed E-state index contributed by atoms with van der Waals surface area (Å²) in [6.45, 7) is 2.11. The molecule has 2 aromatic rings. The van der Waals surface area contributed by atoms with Crippen LogP contribution in [-0.2, 0) is 6.42 Å². The average molecular weight is 272 g/mol. The average Bonchev–Trinajstić information content (AvgIpc) is 2.53. The van der Waals surface area contributed by atoms with E-state index in [-0.39, 0.29) is 0 Å². The fourth-order valence-electron chi connectivity index (χ4n) is 2.12. The molecule has 0 saturated carbocycles. The predicted octanol–water partition coefficient (Wildman–Crippen LogP) is 3.35. The van der Waals surface area contributed by atoms with Crippen LogP contribution in [0.5, 0.6) is 11.5 Å². The van der Waals surface area contributed by atoms with E-state index in [1.807, 2.05) is 36.4 Å². The summed E-state index contributed by atoms with van der Waals surface area (Å²) in [6, 6.07) is 13.4. The van der Waals surface area contributed by atoms with Gasteiger partial charge in [-0.15, -0.1) is 0 Å². The van der Waals surface area contributed by atoms with Gasteiger partial charge >= 0.3 is 0 Å². The number of hydrogen-bond donors (Lipinski definition) is 1. The highest BCUT2D eigenvalue weighted by atomic mass is 16.5. The molecule has 1 N–H and O–H groups in total. The molecule has 2 aromatic carbocycles. The van der Waals surface area contributed by atoms with E-state index < -0.39 is 6.10 Å². The largest absolute Gasteiger partial charge is 0.497 e. The number of rotatable bonds is 5. The van der Waals surface area contributed by atoms with Crippen LogP contribution in [0.1, 0.15) is 29.7 Å². The molecular formula is C17H20O3. The second kappa shape index (κ2) is 6.44. The van der Waals surface area contributed by atoms with Crippen LogP contribution in [0.15, 0.2) is 42.5 Å². The van der Waals surface area contributed by atoms with Gasteiger partial charge in [0.15, 0.2) is 0 Å². The van der Waals surface area contributed by atoms with Gasteiger partial charge in [-0.2, -0.15) is 0 Å². The maximum absolute atomic E-state index is 10.5. The van der Waals surface area contributed by atoms with Crippen LogP contribution < -0.4 is 9.47 Å². The molecule has 0 aliphatic carbocycles. The summed E-state index contributed by atoms with van der Waals surface area (Å²) in [5, 5.41) is 10.5. The number of methoxy groups -OCH3 is 2. The van der Waals surface area contributed by atoms with Crippen molar-refractivity contribution >= 4 is 0 Å². The van der Waals surface area contributed by atoms with Gasteiger partial charge in [-0.05, 0) is 35.2 Å². The molecule has 1 atom stereocenters. The Balaban J connectivity index is 2.33. The van der Waals surface area contributed by atoms with Gasteiger partial charge in [0.05, 0.1) is 14.2 Å². The molecular weight excluding hydrogens is 252 g/mol. The van der Waals surface area contributed by atoms with Gasteiger partial charge < -0.3 is 14.6 Å². The number of aliphatic hydroxyl groups excluding tert-OH is 1. The third-order valence-corrected chi connectivity index (χ3v) is 3.39. The van der Waals surface area contributed by atoms with Gasteiger partial charge in [0.1, 0.15) is 17.6 Å². The van der Waals surface area contributed by atoms with Crippen molar-refractivity contribution in [2.24, 2.45) is 0 Å². The molecule has 0 heterocycles. The summed E-state index contributed by atoms with van der Waals surface area (Å²) in [5.74, 6) is 1.34. The van der Waals surface area contributed by atoms with Gasteiger partial charge in [0.25, 0.3) is 0 Å². The van der Waals surface area contributed by atoms with Crippen LogP contribution in [0.4, 0.5) is 0 Å². The summed E-state index contributed by atoms with van der Waals surface area (Å²) in [7, 11) is 3.20. The molecule has 0 radical (unpaired) electrons. The second-order valence-corrected chi connectivity index (χ2v) is 4.64. The number of aliphatic hydroxyl groups is 1. The molecule has 3 nitrogen and oxygen atoms in total. The molecule has 3 heteroatoms. The molecule has 0 aromatic heterocycles. The van der Waals surface area contributed by atoms with Crippen molar-refractivity contribution in [3.63, 3.8) is 0 Å². The van der Waals surface area contributed by atoms with Crippen LogP contribution in [0, 0.1) is 0 Å². The van der Waals surface area contributed by atoms with Crippen molar-refractivity contribution in [3.05, 3.63) is 59.2 Å². The lowest BCUT2D eigenvalue weighted by atomic mass is 9.99. The molecule has 0 bridgehead atoms. The van der Waals surface area contributed by atoms with E-state index in [2.05, 4.69) is 6.92 Å². The Bertz CT molecular complexity index is 539. The smallest absolute Gasteiger partial charge is 0.122 e. The first-order valence-electron chi connectivity index (χ1n) is 6.67. The highest BCUT2D eigenvalue weighted by Crippen LogP contribution is 2.30. The number of benzene rings is 2. The Morgan fingerprint density at radius 2 is 1.45 bits per heavy atom. The standard InChI is InChI=1S/C17H20O3/c1-4-12-5-7-13(8-6-12)17(18)14-9-15(19-2)11-16(10-14)20-3/h5-11,17-18H,4H2,1-3H3. The maximum atomic E-state index is 10.5. The van der Waals surface area contributed by atoms with E-state index >= 15 is 0 Å². The van der Waals surface area contributed by atoms with E-state index in [0.29, 0.717) is 11.5 Å². The Morgan fingerprint density at radius 1 is 0.900 bits per heavy atom. The normalized spacial score (nSPS) is 12.0. The predicted molar refractivity (Wildman–Crippen MR) is 79.4 cm³/mol.